The fourth-order valence-corrected chi connectivity index (χ4v) is 0.923. The lowest BCUT2D eigenvalue weighted by atomic mass is 10.2. The van der Waals surface area contributed by atoms with E-state index in [0.29, 0.717) is 6.61 Å². The highest BCUT2D eigenvalue weighted by atomic mass is 16.5. The van der Waals surface area contributed by atoms with Gasteiger partial charge in [0.2, 0.25) is 0 Å². The molecule has 1 unspecified atom stereocenters. The zero-order valence-corrected chi connectivity index (χ0v) is 8.82. The Hall–Kier alpha value is -1.10. The van der Waals surface area contributed by atoms with Crippen molar-refractivity contribution < 1.29 is 19.4 Å². The number of carbonyl (C=O) groups excluding carboxylic acids is 1. The van der Waals surface area contributed by atoms with E-state index in [0.717, 1.165) is 6.42 Å². The van der Waals surface area contributed by atoms with Gasteiger partial charge in [-0.15, -0.1) is 0 Å². The van der Waals surface area contributed by atoms with E-state index >= 15 is 0 Å². The molecule has 1 atom stereocenters. The van der Waals surface area contributed by atoms with Crippen LogP contribution in [-0.4, -0.2) is 48.7 Å². The largest absolute Gasteiger partial charge is 0.480 e. The molecule has 0 fully saturated rings. The normalized spacial score (nSPS) is 12.6. The van der Waals surface area contributed by atoms with Gasteiger partial charge >= 0.3 is 11.9 Å². The molecular weight excluding hydrogens is 186 g/mol. The molecule has 0 heterocycles. The van der Waals surface area contributed by atoms with Crippen molar-refractivity contribution in [3.8, 4) is 0 Å². The average Bonchev–Trinajstić information content (AvgIpc) is 2.09. The molecule has 0 bridgehead atoms. The zero-order valence-electron chi connectivity index (χ0n) is 8.82. The molecule has 0 aromatic carbocycles. The Morgan fingerprint density at radius 2 is 2.00 bits per heavy atom. The summed E-state index contributed by atoms with van der Waals surface area (Å²) in [6.07, 6.45) is 0.633. The first kappa shape index (κ1) is 12.9. The third-order valence-corrected chi connectivity index (χ3v) is 1.74. The number of carboxylic acid groups (broad SMARTS) is 1. The van der Waals surface area contributed by atoms with E-state index in [1.54, 1.807) is 14.1 Å². The van der Waals surface area contributed by atoms with Gasteiger partial charge in [0.05, 0.1) is 13.0 Å². The van der Waals surface area contributed by atoms with Crippen molar-refractivity contribution in [3.63, 3.8) is 0 Å². The minimum Gasteiger partial charge on any atom is -0.480 e. The summed E-state index contributed by atoms with van der Waals surface area (Å²) in [5, 5.41) is 8.77. The van der Waals surface area contributed by atoms with Crippen LogP contribution in [0.3, 0.4) is 0 Å². The average molecular weight is 203 g/mol. The lowest BCUT2D eigenvalue weighted by Crippen LogP contribution is -2.37. The SMILES string of the molecule is CCCOC(=O)CC(C(=O)O)N(C)C. The van der Waals surface area contributed by atoms with E-state index in [1.807, 2.05) is 6.92 Å². The molecule has 0 amide bonds. The van der Waals surface area contributed by atoms with Crippen LogP contribution >= 0.6 is 0 Å². The number of carboxylic acids is 1. The lowest BCUT2D eigenvalue weighted by molar-refractivity contribution is -0.152. The summed E-state index contributed by atoms with van der Waals surface area (Å²) >= 11 is 0. The Bertz CT molecular complexity index is 203. The van der Waals surface area contributed by atoms with Crippen LogP contribution in [0.15, 0.2) is 0 Å². The molecule has 0 aromatic rings. The van der Waals surface area contributed by atoms with Gasteiger partial charge in [0.25, 0.3) is 0 Å². The minimum atomic E-state index is -1.01. The van der Waals surface area contributed by atoms with Crippen molar-refractivity contribution >= 4 is 11.9 Å². The summed E-state index contributed by atoms with van der Waals surface area (Å²) < 4.78 is 4.79. The highest BCUT2D eigenvalue weighted by Crippen LogP contribution is 2.02. The molecule has 0 aliphatic carbocycles. The van der Waals surface area contributed by atoms with E-state index in [-0.39, 0.29) is 6.42 Å². The van der Waals surface area contributed by atoms with Gasteiger partial charge in [0.1, 0.15) is 6.04 Å². The number of nitrogens with zero attached hydrogens (tertiary/aromatic N) is 1. The lowest BCUT2D eigenvalue weighted by Gasteiger charge is -2.18. The molecule has 0 spiro atoms. The number of carbonyl (C=O) groups is 2. The van der Waals surface area contributed by atoms with E-state index in [2.05, 4.69) is 0 Å². The van der Waals surface area contributed by atoms with Crippen LogP contribution < -0.4 is 0 Å². The number of hydrogen-bond acceptors (Lipinski definition) is 4. The van der Waals surface area contributed by atoms with Crippen molar-refractivity contribution in [2.45, 2.75) is 25.8 Å². The molecule has 0 saturated carbocycles. The molecule has 0 aliphatic rings. The van der Waals surface area contributed by atoms with Crippen molar-refractivity contribution in [1.29, 1.82) is 0 Å². The number of likely N-dealkylation sites (N-methyl/N-ethyl adjacent to an activating group) is 1. The number of ether oxygens (including phenoxy) is 1. The first-order valence-corrected chi connectivity index (χ1v) is 4.53. The van der Waals surface area contributed by atoms with Crippen molar-refractivity contribution in [3.05, 3.63) is 0 Å². The summed E-state index contributed by atoms with van der Waals surface area (Å²) in [4.78, 5) is 23.3. The van der Waals surface area contributed by atoms with Crippen LogP contribution in [0, 0.1) is 0 Å². The fraction of sp³-hybridized carbons (Fsp3) is 0.778. The summed E-state index contributed by atoms with van der Waals surface area (Å²) in [6, 6.07) is -0.806. The molecule has 5 nitrogen and oxygen atoms in total. The van der Waals surface area contributed by atoms with E-state index in [4.69, 9.17) is 9.84 Å². The Kier molecular flexibility index (Phi) is 5.87. The van der Waals surface area contributed by atoms with Crippen LogP contribution in [0.4, 0.5) is 0 Å². The van der Waals surface area contributed by atoms with Crippen molar-refractivity contribution in [2.75, 3.05) is 20.7 Å². The quantitative estimate of drug-likeness (QED) is 0.631. The zero-order chi connectivity index (χ0) is 11.1. The minimum absolute atomic E-state index is 0.109. The molecule has 0 aromatic heterocycles. The number of aliphatic carboxylic acids is 1. The summed E-state index contributed by atoms with van der Waals surface area (Å²) in [7, 11) is 3.23. The fourth-order valence-electron chi connectivity index (χ4n) is 0.923. The number of rotatable bonds is 6. The highest BCUT2D eigenvalue weighted by molar-refractivity contribution is 5.81. The predicted molar refractivity (Wildman–Crippen MR) is 51.0 cm³/mol. The maximum atomic E-state index is 11.1. The van der Waals surface area contributed by atoms with Crippen LogP contribution in [0.1, 0.15) is 19.8 Å². The predicted octanol–water partition coefficient (Wildman–Crippen LogP) is 0.344. The highest BCUT2D eigenvalue weighted by Gasteiger charge is 2.23. The monoisotopic (exact) mass is 203 g/mol. The number of hydrogen-bond donors (Lipinski definition) is 1. The maximum absolute atomic E-state index is 11.1. The molecule has 0 aliphatic heterocycles. The molecule has 14 heavy (non-hydrogen) atoms. The second kappa shape index (κ2) is 6.37. The van der Waals surface area contributed by atoms with Gasteiger partial charge < -0.3 is 9.84 Å². The molecular formula is C9H17NO4. The van der Waals surface area contributed by atoms with Gasteiger partial charge in [-0.3, -0.25) is 14.5 Å². The molecule has 1 N–H and O–H groups in total. The van der Waals surface area contributed by atoms with Crippen LogP contribution in [-0.2, 0) is 14.3 Å². The second-order valence-electron chi connectivity index (χ2n) is 3.24. The van der Waals surface area contributed by atoms with Crippen LogP contribution in [0.25, 0.3) is 0 Å². The second-order valence-corrected chi connectivity index (χ2v) is 3.24. The topological polar surface area (TPSA) is 66.8 Å². The number of esters is 1. The summed E-state index contributed by atoms with van der Waals surface area (Å²) in [6.45, 7) is 2.23. The summed E-state index contributed by atoms with van der Waals surface area (Å²) in [5.74, 6) is -1.48. The molecule has 0 radical (unpaired) electrons. The first-order valence-electron chi connectivity index (χ1n) is 4.53. The van der Waals surface area contributed by atoms with Crippen LogP contribution in [0.5, 0.6) is 0 Å². The molecule has 0 rings (SSSR count). The van der Waals surface area contributed by atoms with Crippen molar-refractivity contribution in [2.24, 2.45) is 0 Å². The standard InChI is InChI=1S/C9H17NO4/c1-4-5-14-8(11)6-7(9(12)13)10(2)3/h7H,4-6H2,1-3H3,(H,12,13). The first-order chi connectivity index (χ1) is 6.49. The van der Waals surface area contributed by atoms with E-state index < -0.39 is 18.0 Å². The third kappa shape index (κ3) is 4.81. The van der Waals surface area contributed by atoms with Gasteiger partial charge in [0, 0.05) is 0 Å². The molecule has 0 saturated heterocycles. The Morgan fingerprint density at radius 3 is 2.36 bits per heavy atom. The van der Waals surface area contributed by atoms with Crippen LogP contribution in [0.2, 0.25) is 0 Å². The van der Waals surface area contributed by atoms with E-state index in [9.17, 15) is 9.59 Å². The van der Waals surface area contributed by atoms with Gasteiger partial charge in [-0.25, -0.2) is 0 Å². The van der Waals surface area contributed by atoms with Gasteiger partial charge in [-0.2, -0.15) is 0 Å². The molecule has 82 valence electrons. The van der Waals surface area contributed by atoms with Gasteiger partial charge in [-0.1, -0.05) is 6.92 Å². The Labute approximate surface area is 83.6 Å². The van der Waals surface area contributed by atoms with Crippen molar-refractivity contribution in [1.82, 2.24) is 4.90 Å². The Balaban J connectivity index is 4.04. The van der Waals surface area contributed by atoms with Gasteiger partial charge in [0.15, 0.2) is 0 Å². The molecule has 5 heteroatoms. The Morgan fingerprint density at radius 1 is 1.43 bits per heavy atom. The van der Waals surface area contributed by atoms with E-state index in [1.165, 1.54) is 4.90 Å². The third-order valence-electron chi connectivity index (χ3n) is 1.74. The summed E-state index contributed by atoms with van der Waals surface area (Å²) in [5.41, 5.74) is 0. The maximum Gasteiger partial charge on any atom is 0.321 e. The smallest absolute Gasteiger partial charge is 0.321 e. The van der Waals surface area contributed by atoms with Gasteiger partial charge in [-0.05, 0) is 20.5 Å².